The van der Waals surface area contributed by atoms with Crippen molar-refractivity contribution >= 4 is 10.8 Å². The number of hydrogen-bond acceptors (Lipinski definition) is 3. The third-order valence-corrected chi connectivity index (χ3v) is 2.45. The van der Waals surface area contributed by atoms with E-state index in [1.807, 2.05) is 12.1 Å². The Morgan fingerprint density at radius 3 is 2.75 bits per heavy atom. The second kappa shape index (κ2) is 4.37. The largest absolute Gasteiger partial charge is 0.497 e. The monoisotopic (exact) mass is 219 g/mol. The van der Waals surface area contributed by atoms with Crippen LogP contribution in [0.15, 0.2) is 35.3 Å². The maximum Gasteiger partial charge on any atom is 0.260 e. The highest BCUT2D eigenvalue weighted by molar-refractivity contribution is 5.82. The summed E-state index contributed by atoms with van der Waals surface area (Å²) in [5, 5.41) is 1.54. The predicted molar refractivity (Wildman–Crippen MR) is 61.8 cm³/mol. The fourth-order valence-electron chi connectivity index (χ4n) is 1.63. The van der Waals surface area contributed by atoms with Crippen LogP contribution in [0, 0.1) is 0 Å². The Labute approximate surface area is 93.0 Å². The van der Waals surface area contributed by atoms with Crippen molar-refractivity contribution in [3.8, 4) is 5.75 Å². The molecule has 0 amide bonds. The summed E-state index contributed by atoms with van der Waals surface area (Å²) in [6.07, 6.45) is 1.72. The third-order valence-electron chi connectivity index (χ3n) is 2.45. The summed E-state index contributed by atoms with van der Waals surface area (Å²) >= 11 is 0. The average molecular weight is 219 g/mol. The summed E-state index contributed by atoms with van der Waals surface area (Å²) in [5.41, 5.74) is -0.0537. The Hall–Kier alpha value is -1.81. The number of hydrogen-bond donors (Lipinski definition) is 0. The van der Waals surface area contributed by atoms with Crippen molar-refractivity contribution in [1.82, 2.24) is 4.57 Å². The highest BCUT2D eigenvalue weighted by atomic mass is 16.5. The molecule has 0 saturated carbocycles. The van der Waals surface area contributed by atoms with E-state index < -0.39 is 0 Å². The molecule has 0 aliphatic rings. The zero-order chi connectivity index (χ0) is 11.5. The van der Waals surface area contributed by atoms with Crippen LogP contribution in [0.5, 0.6) is 5.75 Å². The van der Waals surface area contributed by atoms with E-state index >= 15 is 0 Å². The molecule has 0 atom stereocenters. The number of fused-ring (bicyclic) bond motifs is 1. The van der Waals surface area contributed by atoms with Crippen LogP contribution in [-0.2, 0) is 11.5 Å². The van der Waals surface area contributed by atoms with Crippen LogP contribution in [0.1, 0.15) is 0 Å². The normalized spacial score (nSPS) is 10.6. The van der Waals surface area contributed by atoms with Gasteiger partial charge in [0.15, 0.2) is 0 Å². The van der Waals surface area contributed by atoms with Gasteiger partial charge in [0, 0.05) is 18.7 Å². The smallest absolute Gasteiger partial charge is 0.260 e. The first kappa shape index (κ1) is 10.7. The molecule has 0 radical (unpaired) electrons. The number of nitrogens with zero attached hydrogens (tertiary/aromatic N) is 1. The lowest BCUT2D eigenvalue weighted by atomic mass is 10.1. The van der Waals surface area contributed by atoms with Gasteiger partial charge in [-0.3, -0.25) is 9.36 Å². The number of rotatable bonds is 3. The van der Waals surface area contributed by atoms with Crippen LogP contribution in [-0.4, -0.2) is 18.8 Å². The summed E-state index contributed by atoms with van der Waals surface area (Å²) < 4.78 is 11.6. The molecule has 0 unspecified atom stereocenters. The van der Waals surface area contributed by atoms with Gasteiger partial charge in [0.05, 0.1) is 7.11 Å². The summed E-state index contributed by atoms with van der Waals surface area (Å²) in [7, 11) is 3.16. The summed E-state index contributed by atoms with van der Waals surface area (Å²) in [5.74, 6) is 0.747. The second-order valence-corrected chi connectivity index (χ2v) is 3.46. The number of aromatic nitrogens is 1. The van der Waals surface area contributed by atoms with E-state index in [0.717, 1.165) is 11.1 Å². The first-order valence-electron chi connectivity index (χ1n) is 4.92. The van der Waals surface area contributed by atoms with Crippen LogP contribution in [0.2, 0.25) is 0 Å². The maximum atomic E-state index is 12.0. The molecule has 2 rings (SSSR count). The Morgan fingerprint density at radius 2 is 2.06 bits per heavy atom. The first-order valence-corrected chi connectivity index (χ1v) is 4.92. The Morgan fingerprint density at radius 1 is 1.25 bits per heavy atom. The van der Waals surface area contributed by atoms with Gasteiger partial charge in [0.1, 0.15) is 12.5 Å². The highest BCUT2D eigenvalue weighted by Gasteiger charge is 2.03. The Balaban J connectivity index is 2.62. The molecule has 0 N–H and O–H groups in total. The van der Waals surface area contributed by atoms with E-state index in [1.165, 1.54) is 4.57 Å². The van der Waals surface area contributed by atoms with Crippen molar-refractivity contribution in [3.05, 3.63) is 40.8 Å². The lowest BCUT2D eigenvalue weighted by molar-refractivity contribution is 0.128. The van der Waals surface area contributed by atoms with Crippen molar-refractivity contribution in [2.24, 2.45) is 0 Å². The van der Waals surface area contributed by atoms with Crippen LogP contribution < -0.4 is 10.3 Å². The predicted octanol–water partition coefficient (Wildman–Crippen LogP) is 1.61. The minimum atomic E-state index is -0.0537. The molecule has 4 heteroatoms. The van der Waals surface area contributed by atoms with E-state index in [4.69, 9.17) is 9.47 Å². The van der Waals surface area contributed by atoms with Gasteiger partial charge in [-0.2, -0.15) is 0 Å². The Kier molecular flexibility index (Phi) is 2.92. The summed E-state index contributed by atoms with van der Waals surface area (Å²) in [4.78, 5) is 12.0. The van der Waals surface area contributed by atoms with Crippen LogP contribution in [0.3, 0.4) is 0 Å². The van der Waals surface area contributed by atoms with Gasteiger partial charge < -0.3 is 9.47 Å². The van der Waals surface area contributed by atoms with Gasteiger partial charge in [-0.05, 0) is 29.7 Å². The lowest BCUT2D eigenvalue weighted by Crippen LogP contribution is -2.20. The van der Waals surface area contributed by atoms with Gasteiger partial charge in [0.25, 0.3) is 5.56 Å². The topological polar surface area (TPSA) is 40.5 Å². The van der Waals surface area contributed by atoms with Gasteiger partial charge in [-0.1, -0.05) is 0 Å². The molecule has 2 aromatic rings. The minimum Gasteiger partial charge on any atom is -0.497 e. The van der Waals surface area contributed by atoms with Crippen molar-refractivity contribution < 1.29 is 9.47 Å². The molecular weight excluding hydrogens is 206 g/mol. The first-order chi connectivity index (χ1) is 7.76. The molecule has 4 nitrogen and oxygen atoms in total. The fourth-order valence-corrected chi connectivity index (χ4v) is 1.63. The molecule has 0 saturated heterocycles. The van der Waals surface area contributed by atoms with Crippen molar-refractivity contribution in [3.63, 3.8) is 0 Å². The van der Waals surface area contributed by atoms with E-state index in [9.17, 15) is 4.79 Å². The molecule has 84 valence electrons. The minimum absolute atomic E-state index is 0.0537. The van der Waals surface area contributed by atoms with Gasteiger partial charge in [0.2, 0.25) is 0 Å². The summed E-state index contributed by atoms with van der Waals surface area (Å²) in [6, 6.07) is 7.26. The standard InChI is InChI=1S/C12H13NO3/c1-15-8-13-6-5-9-7-10(16-2)3-4-11(9)12(13)14/h3-7H,8H2,1-2H3. The van der Waals surface area contributed by atoms with Crippen molar-refractivity contribution in [2.75, 3.05) is 14.2 Å². The van der Waals surface area contributed by atoms with Gasteiger partial charge in [-0.15, -0.1) is 0 Å². The van der Waals surface area contributed by atoms with E-state index in [1.54, 1.807) is 32.5 Å². The molecule has 0 aliphatic heterocycles. The maximum absolute atomic E-state index is 12.0. The van der Waals surface area contributed by atoms with Crippen molar-refractivity contribution in [2.45, 2.75) is 6.73 Å². The molecule has 0 bridgehead atoms. The molecule has 1 heterocycles. The van der Waals surface area contributed by atoms with Gasteiger partial charge in [-0.25, -0.2) is 0 Å². The van der Waals surface area contributed by atoms with E-state index in [2.05, 4.69) is 0 Å². The van der Waals surface area contributed by atoms with Crippen molar-refractivity contribution in [1.29, 1.82) is 0 Å². The summed E-state index contributed by atoms with van der Waals surface area (Å²) in [6.45, 7) is 0.265. The molecular formula is C12H13NO3. The van der Waals surface area contributed by atoms with E-state index in [-0.39, 0.29) is 12.3 Å². The Bertz CT molecular complexity index is 560. The molecule has 1 aromatic heterocycles. The zero-order valence-electron chi connectivity index (χ0n) is 9.27. The number of benzene rings is 1. The third kappa shape index (κ3) is 1.79. The lowest BCUT2D eigenvalue weighted by Gasteiger charge is -2.06. The van der Waals surface area contributed by atoms with E-state index in [0.29, 0.717) is 5.39 Å². The highest BCUT2D eigenvalue weighted by Crippen LogP contribution is 2.17. The SMILES string of the molecule is COCn1ccc2cc(OC)ccc2c1=O. The quantitative estimate of drug-likeness (QED) is 0.787. The van der Waals surface area contributed by atoms with Crippen LogP contribution >= 0.6 is 0 Å². The zero-order valence-corrected chi connectivity index (χ0v) is 9.27. The van der Waals surface area contributed by atoms with Gasteiger partial charge >= 0.3 is 0 Å². The average Bonchev–Trinajstić information content (AvgIpc) is 2.32. The number of methoxy groups -OCH3 is 2. The molecule has 0 spiro atoms. The number of pyridine rings is 1. The molecule has 0 aliphatic carbocycles. The van der Waals surface area contributed by atoms with Crippen LogP contribution in [0.4, 0.5) is 0 Å². The molecule has 1 aromatic carbocycles. The fraction of sp³-hybridized carbons (Fsp3) is 0.250. The van der Waals surface area contributed by atoms with Crippen LogP contribution in [0.25, 0.3) is 10.8 Å². The molecule has 16 heavy (non-hydrogen) atoms. The second-order valence-electron chi connectivity index (χ2n) is 3.46. The number of ether oxygens (including phenoxy) is 2. The molecule has 0 fully saturated rings.